The summed E-state index contributed by atoms with van der Waals surface area (Å²) in [6.07, 6.45) is 24.7. The topological polar surface area (TPSA) is 66.4 Å². The van der Waals surface area contributed by atoms with E-state index < -0.39 is 12.1 Å². The van der Waals surface area contributed by atoms with Gasteiger partial charge in [-0.2, -0.15) is 0 Å². The number of likely N-dealkylation sites (N-methyl/N-ethyl adjacent to an activating group) is 1. The number of esters is 1. The first-order valence-electron chi connectivity index (χ1n) is 14.4. The number of carboxylic acids is 1. The Morgan fingerprint density at radius 3 is 1.32 bits per heavy atom. The maximum atomic E-state index is 12.1. The summed E-state index contributed by atoms with van der Waals surface area (Å²) in [6.45, 7) is 2.75. The number of unbranched alkanes of at least 4 members (excludes halogenated alkanes) is 18. The molecule has 0 bridgehead atoms. The Balaban J connectivity index is 3.45. The summed E-state index contributed by atoms with van der Waals surface area (Å²) in [5, 5.41) is 10.9. The van der Waals surface area contributed by atoms with Crippen molar-refractivity contribution in [3.8, 4) is 0 Å². The lowest BCUT2D eigenvalue weighted by Gasteiger charge is -2.29. The van der Waals surface area contributed by atoms with Crippen LogP contribution in [-0.2, 0) is 14.3 Å². The first-order chi connectivity index (χ1) is 16.2. The number of quaternary nitrogens is 1. The molecule has 0 rings (SSSR count). The molecule has 0 radical (unpaired) electrons. The molecule has 0 spiro atoms. The molecule has 0 saturated carbocycles. The predicted molar refractivity (Wildman–Crippen MR) is 140 cm³/mol. The van der Waals surface area contributed by atoms with E-state index in [-0.39, 0.29) is 12.4 Å². The van der Waals surface area contributed by atoms with E-state index in [0.29, 0.717) is 17.4 Å². The van der Waals surface area contributed by atoms with E-state index in [0.717, 1.165) is 19.3 Å². The molecule has 0 aliphatic heterocycles. The molecule has 0 saturated heterocycles. The van der Waals surface area contributed by atoms with Crippen LogP contribution in [-0.4, -0.2) is 50.2 Å². The number of rotatable bonds is 25. The first-order valence-corrected chi connectivity index (χ1v) is 14.4. The molecule has 0 heterocycles. The van der Waals surface area contributed by atoms with Crippen LogP contribution in [0.3, 0.4) is 0 Å². The molecule has 0 unspecified atom stereocenters. The minimum atomic E-state index is -1.17. The Kier molecular flexibility index (Phi) is 21.6. The summed E-state index contributed by atoms with van der Waals surface area (Å²) < 4.78 is 5.95. The number of carbonyl (C=O) groups excluding carboxylic acids is 2. The summed E-state index contributed by atoms with van der Waals surface area (Å²) in [4.78, 5) is 23.0. The SMILES string of the molecule is CCCCCCCCCCCCCCCCCCCCCC(=O)O[C@@H](CC(=O)[O-])C[N+](C)(C)C. The fourth-order valence-electron chi connectivity index (χ4n) is 4.53. The highest BCUT2D eigenvalue weighted by atomic mass is 16.5. The van der Waals surface area contributed by atoms with Crippen LogP contribution in [0.1, 0.15) is 142 Å². The van der Waals surface area contributed by atoms with Crippen molar-refractivity contribution in [1.82, 2.24) is 0 Å². The minimum Gasteiger partial charge on any atom is -0.550 e. The number of hydrogen-bond acceptors (Lipinski definition) is 4. The third kappa shape index (κ3) is 25.5. The van der Waals surface area contributed by atoms with E-state index in [1.807, 2.05) is 21.1 Å². The normalized spacial score (nSPS) is 12.6. The van der Waals surface area contributed by atoms with Crippen LogP contribution in [0, 0.1) is 0 Å². The van der Waals surface area contributed by atoms with Gasteiger partial charge < -0.3 is 19.1 Å². The van der Waals surface area contributed by atoms with Crippen molar-refractivity contribution in [1.29, 1.82) is 0 Å². The maximum Gasteiger partial charge on any atom is 0.306 e. The first kappa shape index (κ1) is 32.9. The van der Waals surface area contributed by atoms with Crippen LogP contribution in [0.15, 0.2) is 0 Å². The lowest BCUT2D eigenvalue weighted by molar-refractivity contribution is -0.873. The highest BCUT2D eigenvalue weighted by Gasteiger charge is 2.22. The van der Waals surface area contributed by atoms with Gasteiger partial charge in [0.05, 0.1) is 21.1 Å². The number of nitrogens with zero attached hydrogens (tertiary/aromatic N) is 1. The Hall–Kier alpha value is -1.10. The summed E-state index contributed by atoms with van der Waals surface area (Å²) in [6, 6.07) is 0. The maximum absolute atomic E-state index is 12.1. The molecule has 5 nitrogen and oxygen atoms in total. The van der Waals surface area contributed by atoms with Gasteiger partial charge in [-0.25, -0.2) is 0 Å². The molecule has 1 atom stereocenters. The largest absolute Gasteiger partial charge is 0.550 e. The van der Waals surface area contributed by atoms with Gasteiger partial charge in [-0.1, -0.05) is 122 Å². The van der Waals surface area contributed by atoms with Gasteiger partial charge in [0, 0.05) is 18.8 Å². The molecule has 0 aliphatic carbocycles. The van der Waals surface area contributed by atoms with Crippen LogP contribution in [0.2, 0.25) is 0 Å². The standard InChI is InChI=1S/C29H57NO4/c1-5-6-7-8-9-10-11-12-13-14-15-16-17-18-19-20-21-22-23-24-29(33)34-27(25-28(31)32)26-30(2,3)4/h27H,5-26H2,1-4H3/t27-/m0/s1. The van der Waals surface area contributed by atoms with Gasteiger partial charge in [-0.3, -0.25) is 4.79 Å². The van der Waals surface area contributed by atoms with Gasteiger partial charge in [-0.05, 0) is 6.42 Å². The van der Waals surface area contributed by atoms with Crippen molar-refractivity contribution in [2.24, 2.45) is 0 Å². The lowest BCUT2D eigenvalue weighted by atomic mass is 10.0. The molecule has 202 valence electrons. The molecule has 0 aromatic carbocycles. The quantitative estimate of drug-likeness (QED) is 0.0837. The molecule has 0 amide bonds. The van der Waals surface area contributed by atoms with Gasteiger partial charge in [-0.15, -0.1) is 0 Å². The second-order valence-electron chi connectivity index (χ2n) is 11.3. The molecule has 34 heavy (non-hydrogen) atoms. The van der Waals surface area contributed by atoms with Crippen LogP contribution in [0.4, 0.5) is 0 Å². The van der Waals surface area contributed by atoms with E-state index in [4.69, 9.17) is 4.74 Å². The van der Waals surface area contributed by atoms with Crippen molar-refractivity contribution in [2.45, 2.75) is 148 Å². The van der Waals surface area contributed by atoms with Crippen molar-refractivity contribution in [3.63, 3.8) is 0 Å². The Morgan fingerprint density at radius 1 is 0.647 bits per heavy atom. The zero-order chi connectivity index (χ0) is 25.5. The molecular formula is C29H57NO4. The third-order valence-electron chi connectivity index (χ3n) is 6.43. The van der Waals surface area contributed by atoms with Crippen molar-refractivity contribution in [2.75, 3.05) is 27.7 Å². The third-order valence-corrected chi connectivity index (χ3v) is 6.43. The molecule has 0 aromatic rings. The fraction of sp³-hybridized carbons (Fsp3) is 0.931. The minimum absolute atomic E-state index is 0.236. The summed E-state index contributed by atoms with van der Waals surface area (Å²) in [7, 11) is 5.86. The molecule has 0 fully saturated rings. The van der Waals surface area contributed by atoms with E-state index in [9.17, 15) is 14.7 Å². The number of carboxylic acid groups (broad SMARTS) is 1. The van der Waals surface area contributed by atoms with Crippen LogP contribution in [0.25, 0.3) is 0 Å². The highest BCUT2D eigenvalue weighted by Crippen LogP contribution is 2.15. The molecular weight excluding hydrogens is 426 g/mol. The predicted octanol–water partition coefficient (Wildman–Crippen LogP) is 6.57. The Morgan fingerprint density at radius 2 is 1.00 bits per heavy atom. The Bertz CT molecular complexity index is 487. The zero-order valence-corrected chi connectivity index (χ0v) is 23.2. The van der Waals surface area contributed by atoms with Crippen LogP contribution in [0.5, 0.6) is 0 Å². The van der Waals surface area contributed by atoms with E-state index in [1.54, 1.807) is 0 Å². The monoisotopic (exact) mass is 483 g/mol. The second kappa shape index (κ2) is 22.4. The fourth-order valence-corrected chi connectivity index (χ4v) is 4.53. The molecule has 0 aromatic heterocycles. The summed E-state index contributed by atoms with van der Waals surface area (Å²) >= 11 is 0. The van der Waals surface area contributed by atoms with E-state index in [1.165, 1.54) is 103 Å². The van der Waals surface area contributed by atoms with Crippen LogP contribution >= 0.6 is 0 Å². The number of aliphatic carboxylic acids is 1. The summed E-state index contributed by atoms with van der Waals surface area (Å²) in [5.74, 6) is -1.46. The van der Waals surface area contributed by atoms with Gasteiger partial charge in [0.15, 0.2) is 6.10 Å². The van der Waals surface area contributed by atoms with Gasteiger partial charge in [0.25, 0.3) is 0 Å². The van der Waals surface area contributed by atoms with Gasteiger partial charge in [0.1, 0.15) is 6.54 Å². The number of hydrogen-bond donors (Lipinski definition) is 0. The van der Waals surface area contributed by atoms with Crippen molar-refractivity contribution < 1.29 is 23.9 Å². The van der Waals surface area contributed by atoms with Crippen molar-refractivity contribution >= 4 is 11.9 Å². The van der Waals surface area contributed by atoms with Gasteiger partial charge in [0.2, 0.25) is 0 Å². The summed E-state index contributed by atoms with van der Waals surface area (Å²) in [5.41, 5.74) is 0. The molecule has 5 heteroatoms. The average Bonchev–Trinajstić information content (AvgIpc) is 2.73. The lowest BCUT2D eigenvalue weighted by Crippen LogP contribution is -2.45. The Labute approximate surface area is 211 Å². The second-order valence-corrected chi connectivity index (χ2v) is 11.3. The van der Waals surface area contributed by atoms with E-state index in [2.05, 4.69) is 6.92 Å². The smallest absolute Gasteiger partial charge is 0.306 e. The van der Waals surface area contributed by atoms with Crippen LogP contribution < -0.4 is 5.11 Å². The number of ether oxygens (including phenoxy) is 1. The zero-order valence-electron chi connectivity index (χ0n) is 23.2. The molecule has 0 aliphatic rings. The highest BCUT2D eigenvalue weighted by molar-refractivity contribution is 5.70. The average molecular weight is 484 g/mol. The van der Waals surface area contributed by atoms with Crippen molar-refractivity contribution in [3.05, 3.63) is 0 Å². The van der Waals surface area contributed by atoms with E-state index >= 15 is 0 Å². The van der Waals surface area contributed by atoms with Gasteiger partial charge >= 0.3 is 5.97 Å². The number of carbonyl (C=O) groups is 2. The molecule has 0 N–H and O–H groups in total.